The molecule has 3 atom stereocenters. The molecule has 2 N–H and O–H groups in total. The van der Waals surface area contributed by atoms with E-state index in [1.807, 2.05) is 35.2 Å². The molecular formula is C19H27ClN2O3. The molecule has 1 saturated heterocycles. The molecule has 1 heterocycles. The van der Waals surface area contributed by atoms with Gasteiger partial charge in [-0.2, -0.15) is 0 Å². The van der Waals surface area contributed by atoms with Crippen LogP contribution in [0, 0.1) is 5.92 Å². The van der Waals surface area contributed by atoms with E-state index >= 15 is 0 Å². The van der Waals surface area contributed by atoms with Gasteiger partial charge in [-0.15, -0.1) is 12.4 Å². The first-order valence-corrected chi connectivity index (χ1v) is 8.94. The van der Waals surface area contributed by atoms with E-state index in [0.29, 0.717) is 18.9 Å². The van der Waals surface area contributed by atoms with E-state index in [1.165, 1.54) is 12.0 Å². The van der Waals surface area contributed by atoms with Crippen LogP contribution in [0.3, 0.4) is 0 Å². The standard InChI is InChI=1S/C19H26N2O3.ClH/c22-18(20-11-10-14-6-2-1-3-7-14)13-21-16-9-5-4-8-15(16)12-17(21)19(23)24;/h1-3,6-7,15-17H,4-5,8-13H2,(H,20,22)(H,23,24);1H. The van der Waals surface area contributed by atoms with Crippen molar-refractivity contribution in [2.24, 2.45) is 5.92 Å². The molecule has 1 aromatic carbocycles. The highest BCUT2D eigenvalue weighted by Crippen LogP contribution is 2.39. The average Bonchev–Trinajstić information content (AvgIpc) is 2.95. The first-order chi connectivity index (χ1) is 11.6. The predicted molar refractivity (Wildman–Crippen MR) is 98.9 cm³/mol. The Bertz CT molecular complexity index is 581. The van der Waals surface area contributed by atoms with Crippen molar-refractivity contribution in [3.63, 3.8) is 0 Å². The van der Waals surface area contributed by atoms with Gasteiger partial charge in [0.2, 0.25) is 5.91 Å². The number of benzene rings is 1. The summed E-state index contributed by atoms with van der Waals surface area (Å²) in [6.07, 6.45) is 5.93. The minimum atomic E-state index is -0.790. The summed E-state index contributed by atoms with van der Waals surface area (Å²) in [5.41, 5.74) is 1.19. The third-order valence-corrected chi connectivity index (χ3v) is 5.41. The highest BCUT2D eigenvalue weighted by molar-refractivity contribution is 5.85. The molecular weight excluding hydrogens is 340 g/mol. The fourth-order valence-corrected chi connectivity index (χ4v) is 4.24. The minimum absolute atomic E-state index is 0. The number of carbonyl (C=O) groups is 2. The SMILES string of the molecule is Cl.O=C(CN1C(C(=O)O)CC2CCCCC21)NCCc1ccccc1. The molecule has 1 saturated carbocycles. The van der Waals surface area contributed by atoms with Crippen molar-refractivity contribution in [2.75, 3.05) is 13.1 Å². The lowest BCUT2D eigenvalue weighted by Gasteiger charge is -2.32. The normalized spacial score (nSPS) is 25.7. The van der Waals surface area contributed by atoms with E-state index < -0.39 is 12.0 Å². The molecule has 2 fully saturated rings. The second kappa shape index (κ2) is 9.20. The highest BCUT2D eigenvalue weighted by atomic mass is 35.5. The molecule has 1 aromatic rings. The molecule has 1 aliphatic heterocycles. The molecule has 0 radical (unpaired) electrons. The highest BCUT2D eigenvalue weighted by Gasteiger charge is 2.45. The molecule has 0 aromatic heterocycles. The van der Waals surface area contributed by atoms with Crippen molar-refractivity contribution in [3.8, 4) is 0 Å². The van der Waals surface area contributed by atoms with Crippen LogP contribution < -0.4 is 5.32 Å². The number of carbonyl (C=O) groups excluding carboxylic acids is 1. The summed E-state index contributed by atoms with van der Waals surface area (Å²) < 4.78 is 0. The third kappa shape index (κ3) is 4.95. The Labute approximate surface area is 155 Å². The molecule has 3 unspecified atom stereocenters. The van der Waals surface area contributed by atoms with E-state index in [9.17, 15) is 14.7 Å². The Morgan fingerprint density at radius 2 is 1.88 bits per heavy atom. The molecule has 1 amide bonds. The molecule has 6 heteroatoms. The number of hydrogen-bond acceptors (Lipinski definition) is 3. The van der Waals surface area contributed by atoms with Gasteiger partial charge in [0.15, 0.2) is 0 Å². The second-order valence-corrected chi connectivity index (χ2v) is 6.96. The van der Waals surface area contributed by atoms with Crippen LogP contribution in [0.2, 0.25) is 0 Å². The maximum atomic E-state index is 12.3. The van der Waals surface area contributed by atoms with Gasteiger partial charge in [0.25, 0.3) is 0 Å². The van der Waals surface area contributed by atoms with Gasteiger partial charge in [-0.3, -0.25) is 14.5 Å². The van der Waals surface area contributed by atoms with Gasteiger partial charge in [-0.25, -0.2) is 0 Å². The number of fused-ring (bicyclic) bond motifs is 1. The van der Waals surface area contributed by atoms with Crippen molar-refractivity contribution in [1.29, 1.82) is 0 Å². The Morgan fingerprint density at radius 3 is 2.60 bits per heavy atom. The van der Waals surface area contributed by atoms with Crippen LogP contribution in [0.1, 0.15) is 37.7 Å². The Hall–Kier alpha value is -1.59. The molecule has 25 heavy (non-hydrogen) atoms. The van der Waals surface area contributed by atoms with Gasteiger partial charge in [0.05, 0.1) is 6.54 Å². The number of carboxylic acid groups (broad SMARTS) is 1. The number of nitrogens with zero attached hydrogens (tertiary/aromatic N) is 1. The number of hydrogen-bond donors (Lipinski definition) is 2. The van der Waals surface area contributed by atoms with Crippen LogP contribution in [0.25, 0.3) is 0 Å². The number of rotatable bonds is 6. The van der Waals surface area contributed by atoms with Crippen LogP contribution in [0.15, 0.2) is 30.3 Å². The number of likely N-dealkylation sites (tertiary alicyclic amines) is 1. The van der Waals surface area contributed by atoms with Gasteiger partial charge >= 0.3 is 5.97 Å². The van der Waals surface area contributed by atoms with E-state index in [2.05, 4.69) is 5.32 Å². The number of halogens is 1. The number of aliphatic carboxylic acids is 1. The summed E-state index contributed by atoms with van der Waals surface area (Å²) in [4.78, 5) is 25.8. The lowest BCUT2D eigenvalue weighted by molar-refractivity contribution is -0.143. The lowest BCUT2D eigenvalue weighted by Crippen LogP contribution is -2.47. The molecule has 3 rings (SSSR count). The smallest absolute Gasteiger partial charge is 0.320 e. The van der Waals surface area contributed by atoms with Crippen LogP contribution in [-0.2, 0) is 16.0 Å². The summed E-state index contributed by atoms with van der Waals surface area (Å²) in [5.74, 6) is -0.415. The van der Waals surface area contributed by atoms with E-state index in [0.717, 1.165) is 25.7 Å². The van der Waals surface area contributed by atoms with Crippen LogP contribution >= 0.6 is 12.4 Å². The molecule has 0 bridgehead atoms. The molecule has 2 aliphatic rings. The number of nitrogens with one attached hydrogen (secondary N) is 1. The van der Waals surface area contributed by atoms with Gasteiger partial charge in [0.1, 0.15) is 6.04 Å². The average molecular weight is 367 g/mol. The minimum Gasteiger partial charge on any atom is -0.480 e. The second-order valence-electron chi connectivity index (χ2n) is 6.96. The fourth-order valence-electron chi connectivity index (χ4n) is 4.24. The molecule has 138 valence electrons. The van der Waals surface area contributed by atoms with Gasteiger partial charge < -0.3 is 10.4 Å². The van der Waals surface area contributed by atoms with E-state index in [4.69, 9.17) is 0 Å². The van der Waals surface area contributed by atoms with Crippen molar-refractivity contribution >= 4 is 24.3 Å². The van der Waals surface area contributed by atoms with Gasteiger partial charge in [0, 0.05) is 12.6 Å². The summed E-state index contributed by atoms with van der Waals surface area (Å²) >= 11 is 0. The lowest BCUT2D eigenvalue weighted by atomic mass is 9.85. The first kappa shape index (κ1) is 19.7. The zero-order chi connectivity index (χ0) is 16.9. The van der Waals surface area contributed by atoms with Crippen molar-refractivity contribution in [1.82, 2.24) is 10.2 Å². The first-order valence-electron chi connectivity index (χ1n) is 8.94. The molecule has 0 spiro atoms. The van der Waals surface area contributed by atoms with Crippen molar-refractivity contribution in [3.05, 3.63) is 35.9 Å². The van der Waals surface area contributed by atoms with Crippen LogP contribution in [0.5, 0.6) is 0 Å². The van der Waals surface area contributed by atoms with Gasteiger partial charge in [-0.1, -0.05) is 43.2 Å². The maximum absolute atomic E-state index is 12.3. The van der Waals surface area contributed by atoms with Crippen LogP contribution in [0.4, 0.5) is 0 Å². The van der Waals surface area contributed by atoms with E-state index in [1.54, 1.807) is 0 Å². The summed E-state index contributed by atoms with van der Waals surface area (Å²) in [7, 11) is 0. The number of carboxylic acids is 1. The topological polar surface area (TPSA) is 69.6 Å². The molecule has 1 aliphatic carbocycles. The summed E-state index contributed by atoms with van der Waals surface area (Å²) in [6, 6.07) is 9.80. The van der Waals surface area contributed by atoms with Crippen LogP contribution in [-0.4, -0.2) is 47.1 Å². The zero-order valence-electron chi connectivity index (χ0n) is 14.4. The van der Waals surface area contributed by atoms with E-state index in [-0.39, 0.29) is 30.9 Å². The zero-order valence-corrected chi connectivity index (χ0v) is 15.2. The Balaban J connectivity index is 0.00000225. The van der Waals surface area contributed by atoms with Crippen molar-refractivity contribution < 1.29 is 14.7 Å². The maximum Gasteiger partial charge on any atom is 0.320 e. The largest absolute Gasteiger partial charge is 0.480 e. The predicted octanol–water partition coefficient (Wildman–Crippen LogP) is 2.48. The summed E-state index contributed by atoms with van der Waals surface area (Å²) in [5, 5.41) is 12.4. The fraction of sp³-hybridized carbons (Fsp3) is 0.579. The summed E-state index contributed by atoms with van der Waals surface area (Å²) in [6.45, 7) is 0.787. The quantitative estimate of drug-likeness (QED) is 0.811. The monoisotopic (exact) mass is 366 g/mol. The third-order valence-electron chi connectivity index (χ3n) is 5.41. The Kier molecular flexibility index (Phi) is 7.26. The van der Waals surface area contributed by atoms with Gasteiger partial charge in [-0.05, 0) is 37.2 Å². The molecule has 5 nitrogen and oxygen atoms in total. The Morgan fingerprint density at radius 1 is 1.16 bits per heavy atom. The van der Waals surface area contributed by atoms with Crippen molar-refractivity contribution in [2.45, 2.75) is 50.6 Å². The number of amides is 1.